The Labute approximate surface area is 152 Å². The van der Waals surface area contributed by atoms with E-state index in [0.717, 1.165) is 18.5 Å². The van der Waals surface area contributed by atoms with Crippen LogP contribution in [0.5, 0.6) is 0 Å². The van der Waals surface area contributed by atoms with Gasteiger partial charge in [0, 0.05) is 42.9 Å². The highest BCUT2D eigenvalue weighted by molar-refractivity contribution is 5.98. The Balaban J connectivity index is 1.43. The molecule has 0 saturated heterocycles. The zero-order chi connectivity index (χ0) is 17.5. The molecule has 1 fully saturated rings. The summed E-state index contributed by atoms with van der Waals surface area (Å²) in [5.74, 6) is 0.626. The number of anilines is 1. The molecule has 5 nitrogen and oxygen atoms in total. The molecule has 3 heterocycles. The van der Waals surface area contributed by atoms with E-state index in [1.165, 1.54) is 11.1 Å². The number of carbonyl (C=O) groups is 1. The van der Waals surface area contributed by atoms with E-state index in [-0.39, 0.29) is 17.9 Å². The predicted octanol–water partition coefficient (Wildman–Crippen LogP) is 3.21. The van der Waals surface area contributed by atoms with Gasteiger partial charge in [0.05, 0.1) is 6.04 Å². The quantitative estimate of drug-likeness (QED) is 0.733. The summed E-state index contributed by atoms with van der Waals surface area (Å²) >= 11 is 0. The zero-order valence-electron chi connectivity index (χ0n) is 14.4. The van der Waals surface area contributed by atoms with Crippen molar-refractivity contribution in [2.75, 3.05) is 11.4 Å². The largest absolute Gasteiger partial charge is 0.310 e. The highest BCUT2D eigenvalue weighted by atomic mass is 16.2. The van der Waals surface area contributed by atoms with Crippen LogP contribution in [0, 0.1) is 5.92 Å². The van der Waals surface area contributed by atoms with Crippen LogP contribution in [-0.2, 0) is 11.2 Å². The molecule has 3 atom stereocenters. The molecular weight excluding hydrogens is 324 g/mol. The number of amides is 1. The fourth-order valence-electron chi connectivity index (χ4n) is 4.10. The minimum absolute atomic E-state index is 0.0711. The van der Waals surface area contributed by atoms with Crippen molar-refractivity contribution < 1.29 is 4.79 Å². The molecule has 1 aromatic carbocycles. The average molecular weight is 344 g/mol. The number of carbonyl (C=O) groups excluding carboxylic acids is 1. The summed E-state index contributed by atoms with van der Waals surface area (Å²) in [5, 5.41) is 4.40. The third-order valence-electron chi connectivity index (χ3n) is 5.54. The molecule has 5 rings (SSSR count). The van der Waals surface area contributed by atoms with E-state index in [2.05, 4.69) is 22.2 Å². The number of nitrogens with zero attached hydrogens (tertiary/aromatic N) is 4. The van der Waals surface area contributed by atoms with Gasteiger partial charge < -0.3 is 4.90 Å². The van der Waals surface area contributed by atoms with Crippen molar-refractivity contribution in [1.82, 2.24) is 14.8 Å². The second-order valence-electron chi connectivity index (χ2n) is 7.15. The van der Waals surface area contributed by atoms with E-state index in [1.54, 1.807) is 18.6 Å². The highest BCUT2D eigenvalue weighted by Crippen LogP contribution is 2.49. The summed E-state index contributed by atoms with van der Waals surface area (Å²) in [5.41, 5.74) is 3.49. The third kappa shape index (κ3) is 2.60. The van der Waals surface area contributed by atoms with Crippen LogP contribution in [0.4, 0.5) is 5.69 Å². The molecule has 1 amide bonds. The second kappa shape index (κ2) is 6.09. The van der Waals surface area contributed by atoms with Crippen LogP contribution < -0.4 is 4.90 Å². The summed E-state index contributed by atoms with van der Waals surface area (Å²) in [6.45, 7) is 0.678. The number of pyridine rings is 1. The minimum atomic E-state index is 0.0711. The molecule has 0 N–H and O–H groups in total. The van der Waals surface area contributed by atoms with Crippen LogP contribution in [0.2, 0.25) is 0 Å². The van der Waals surface area contributed by atoms with Gasteiger partial charge in [-0.2, -0.15) is 5.10 Å². The maximum Gasteiger partial charge on any atom is 0.230 e. The van der Waals surface area contributed by atoms with E-state index in [1.807, 2.05) is 46.1 Å². The lowest BCUT2D eigenvalue weighted by atomic mass is 9.97. The van der Waals surface area contributed by atoms with Gasteiger partial charge >= 0.3 is 0 Å². The van der Waals surface area contributed by atoms with Gasteiger partial charge in [0.15, 0.2) is 0 Å². The lowest BCUT2D eigenvalue weighted by Gasteiger charge is -2.35. The maximum absolute atomic E-state index is 13.3. The van der Waals surface area contributed by atoms with Gasteiger partial charge in [0.2, 0.25) is 5.91 Å². The number of hydrogen-bond donors (Lipinski definition) is 0. The normalized spacial score (nSPS) is 24.2. The van der Waals surface area contributed by atoms with Crippen LogP contribution in [-0.4, -0.2) is 27.2 Å². The fraction of sp³-hybridized carbons (Fsp3) is 0.286. The molecule has 1 aliphatic carbocycles. The first-order valence-electron chi connectivity index (χ1n) is 9.09. The predicted molar refractivity (Wildman–Crippen MR) is 98.8 cm³/mol. The molecule has 2 aromatic heterocycles. The smallest absolute Gasteiger partial charge is 0.230 e. The Hall–Kier alpha value is -2.95. The van der Waals surface area contributed by atoms with Crippen LogP contribution in [0.1, 0.15) is 29.5 Å². The monoisotopic (exact) mass is 344 g/mol. The van der Waals surface area contributed by atoms with Gasteiger partial charge in [-0.15, -0.1) is 0 Å². The van der Waals surface area contributed by atoms with Crippen molar-refractivity contribution in [2.24, 2.45) is 5.92 Å². The van der Waals surface area contributed by atoms with Gasteiger partial charge in [0.25, 0.3) is 0 Å². The molecule has 5 heteroatoms. The van der Waals surface area contributed by atoms with Gasteiger partial charge in [-0.25, -0.2) is 0 Å². The molecule has 2 aliphatic rings. The third-order valence-corrected chi connectivity index (χ3v) is 5.54. The number of aromatic nitrogens is 3. The molecule has 26 heavy (non-hydrogen) atoms. The first-order chi connectivity index (χ1) is 12.8. The van der Waals surface area contributed by atoms with Crippen LogP contribution in [0.25, 0.3) is 0 Å². The standard InChI is InChI=1S/C21H20N4O/c26-21(19-13-18(19)15-6-9-22-10-7-15)24-14-17(25-11-3-8-23-25)12-16-4-1-2-5-20(16)24/h1-11,17-19H,12-14H2/t17?,18-,19+/m0/s1. The zero-order valence-corrected chi connectivity index (χ0v) is 14.4. The summed E-state index contributed by atoms with van der Waals surface area (Å²) < 4.78 is 1.98. The summed E-state index contributed by atoms with van der Waals surface area (Å²) in [6, 6.07) is 14.4. The van der Waals surface area contributed by atoms with Crippen molar-refractivity contribution in [3.8, 4) is 0 Å². The molecule has 0 spiro atoms. The van der Waals surface area contributed by atoms with Crippen molar-refractivity contribution in [3.05, 3.63) is 78.4 Å². The van der Waals surface area contributed by atoms with E-state index >= 15 is 0 Å². The summed E-state index contributed by atoms with van der Waals surface area (Å²) in [7, 11) is 0. The minimum Gasteiger partial charge on any atom is -0.310 e. The summed E-state index contributed by atoms with van der Waals surface area (Å²) in [6.07, 6.45) is 9.22. The van der Waals surface area contributed by atoms with E-state index in [4.69, 9.17) is 0 Å². The molecule has 1 saturated carbocycles. The van der Waals surface area contributed by atoms with Crippen LogP contribution >= 0.6 is 0 Å². The number of para-hydroxylation sites is 1. The second-order valence-corrected chi connectivity index (χ2v) is 7.15. The first-order valence-corrected chi connectivity index (χ1v) is 9.09. The molecule has 130 valence electrons. The molecule has 1 unspecified atom stereocenters. The van der Waals surface area contributed by atoms with Crippen LogP contribution in [0.3, 0.4) is 0 Å². The lowest BCUT2D eigenvalue weighted by Crippen LogP contribution is -2.42. The maximum atomic E-state index is 13.3. The number of benzene rings is 1. The SMILES string of the molecule is O=C([C@@H]1C[C@H]1c1ccncc1)N1CC(n2cccn2)Cc2ccccc21. The van der Waals surface area contributed by atoms with Gasteiger partial charge in [-0.3, -0.25) is 14.5 Å². The Morgan fingerprint density at radius 2 is 1.88 bits per heavy atom. The lowest BCUT2D eigenvalue weighted by molar-refractivity contribution is -0.120. The topological polar surface area (TPSA) is 51.0 Å². The van der Waals surface area contributed by atoms with Crippen LogP contribution in [0.15, 0.2) is 67.3 Å². The molecule has 0 bridgehead atoms. The fourth-order valence-corrected chi connectivity index (χ4v) is 4.10. The number of hydrogen-bond acceptors (Lipinski definition) is 3. The number of rotatable bonds is 3. The first kappa shape index (κ1) is 15.3. The van der Waals surface area contributed by atoms with Gasteiger partial charge in [-0.05, 0) is 54.2 Å². The molecular formula is C21H20N4O. The highest BCUT2D eigenvalue weighted by Gasteiger charge is 2.47. The van der Waals surface area contributed by atoms with Crippen molar-refractivity contribution in [2.45, 2.75) is 24.8 Å². The Morgan fingerprint density at radius 1 is 1.04 bits per heavy atom. The van der Waals surface area contributed by atoms with Crippen molar-refractivity contribution in [3.63, 3.8) is 0 Å². The average Bonchev–Trinajstić information content (AvgIpc) is 3.31. The van der Waals surface area contributed by atoms with Gasteiger partial charge in [0.1, 0.15) is 0 Å². The van der Waals surface area contributed by atoms with Crippen molar-refractivity contribution in [1.29, 1.82) is 0 Å². The van der Waals surface area contributed by atoms with Crippen molar-refractivity contribution >= 4 is 11.6 Å². The van der Waals surface area contributed by atoms with E-state index in [0.29, 0.717) is 12.5 Å². The Bertz CT molecular complexity index is 922. The van der Waals surface area contributed by atoms with E-state index < -0.39 is 0 Å². The molecule has 1 aliphatic heterocycles. The van der Waals surface area contributed by atoms with E-state index in [9.17, 15) is 4.79 Å². The summed E-state index contributed by atoms with van der Waals surface area (Å²) in [4.78, 5) is 19.4. The van der Waals surface area contributed by atoms with Gasteiger partial charge in [-0.1, -0.05) is 18.2 Å². The Kier molecular flexibility index (Phi) is 3.59. The molecule has 3 aromatic rings. The number of fused-ring (bicyclic) bond motifs is 1. The molecule has 0 radical (unpaired) electrons. The Morgan fingerprint density at radius 3 is 2.69 bits per heavy atom.